The number of ether oxygens (including phenoxy) is 1. The highest BCUT2D eigenvalue weighted by Gasteiger charge is 2.11. The maximum atomic E-state index is 11.1. The summed E-state index contributed by atoms with van der Waals surface area (Å²) < 4.78 is 7.65. The molecule has 3 N–H and O–H groups in total. The van der Waals surface area contributed by atoms with E-state index in [4.69, 9.17) is 22.1 Å². The minimum absolute atomic E-state index is 0.193. The molecule has 3 aromatic rings. The summed E-state index contributed by atoms with van der Waals surface area (Å²) in [5.74, 6) is 0.181. The van der Waals surface area contributed by atoms with Crippen molar-refractivity contribution in [1.29, 1.82) is 0 Å². The number of aromatic nitrogens is 2. The quantitative estimate of drug-likeness (QED) is 0.531. The van der Waals surface area contributed by atoms with Crippen LogP contribution in [0.2, 0.25) is 5.02 Å². The number of primary amides is 1. The molecule has 2 aromatic carbocycles. The van der Waals surface area contributed by atoms with Gasteiger partial charge in [0.05, 0.1) is 12.4 Å². The molecule has 0 aliphatic carbocycles. The van der Waals surface area contributed by atoms with E-state index < -0.39 is 12.0 Å². The molecule has 0 bridgehead atoms. The van der Waals surface area contributed by atoms with E-state index in [0.717, 1.165) is 29.7 Å². The monoisotopic (exact) mass is 413 g/mol. The Morgan fingerprint density at radius 2 is 2.03 bits per heavy atom. The van der Waals surface area contributed by atoms with Gasteiger partial charge in [0.15, 0.2) is 0 Å². The molecule has 0 fully saturated rings. The van der Waals surface area contributed by atoms with E-state index in [2.05, 4.69) is 4.98 Å². The highest BCUT2D eigenvalue weighted by atomic mass is 35.5. The molecular formula is C22H24ClN3O3. The van der Waals surface area contributed by atoms with E-state index in [1.165, 1.54) is 6.33 Å². The van der Waals surface area contributed by atoms with Gasteiger partial charge in [-0.05, 0) is 42.5 Å². The van der Waals surface area contributed by atoms with E-state index in [9.17, 15) is 9.90 Å². The molecule has 1 atom stereocenters. The Morgan fingerprint density at radius 1 is 1.24 bits per heavy atom. The summed E-state index contributed by atoms with van der Waals surface area (Å²) >= 11 is 6.14. The number of rotatable bonds is 10. The summed E-state index contributed by atoms with van der Waals surface area (Å²) in [7, 11) is 0. The molecule has 6 nitrogen and oxygen atoms in total. The van der Waals surface area contributed by atoms with Gasteiger partial charge in [0.2, 0.25) is 0 Å². The largest absolute Gasteiger partial charge is 0.489 e. The fourth-order valence-corrected chi connectivity index (χ4v) is 3.22. The van der Waals surface area contributed by atoms with Crippen LogP contribution in [-0.4, -0.2) is 26.7 Å². The first-order valence-electron chi connectivity index (χ1n) is 9.46. The molecule has 1 aromatic heterocycles. The number of nitrogens with zero attached hydrogens (tertiary/aromatic N) is 2. The summed E-state index contributed by atoms with van der Waals surface area (Å²) in [5, 5.41) is 10.9. The number of carbonyl (C=O) groups excluding carboxylic acids is 1. The summed E-state index contributed by atoms with van der Waals surface area (Å²) in [5.41, 5.74) is 7.52. The standard InChI is InChI=1S/C22H24ClN3O3/c23-18-10-9-17(21(11-18)29-14-16-5-2-1-3-6-16)7-4-8-19(27)12-26-13-20(22(24)28)25-15-26/h1-3,5-6,9-11,13,15,19,27H,4,7-8,12,14H2,(H2,24,28)/t19-/m0/s1. The van der Waals surface area contributed by atoms with Crippen molar-refractivity contribution < 1.29 is 14.6 Å². The van der Waals surface area contributed by atoms with Crippen LogP contribution in [0.4, 0.5) is 0 Å². The summed E-state index contributed by atoms with van der Waals surface area (Å²) in [6.07, 6.45) is 4.63. The van der Waals surface area contributed by atoms with E-state index in [1.807, 2.05) is 48.5 Å². The zero-order valence-corrected chi connectivity index (χ0v) is 16.8. The highest BCUT2D eigenvalue weighted by molar-refractivity contribution is 6.30. The number of nitrogens with two attached hydrogens (primary N) is 1. The maximum absolute atomic E-state index is 11.1. The molecule has 152 valence electrons. The average Bonchev–Trinajstić information content (AvgIpc) is 3.17. The predicted octanol–water partition coefficient (Wildman–Crippen LogP) is 3.60. The van der Waals surface area contributed by atoms with Gasteiger partial charge in [-0.25, -0.2) is 4.98 Å². The average molecular weight is 414 g/mol. The SMILES string of the molecule is NC(=O)c1cn(C[C@@H](O)CCCc2ccc(Cl)cc2OCc2ccccc2)cn1. The number of hydrogen-bond acceptors (Lipinski definition) is 4. The summed E-state index contributed by atoms with van der Waals surface area (Å²) in [4.78, 5) is 15.0. The second kappa shape index (κ2) is 10.1. The molecule has 29 heavy (non-hydrogen) atoms. The van der Waals surface area contributed by atoms with Gasteiger partial charge in [0.1, 0.15) is 18.1 Å². The smallest absolute Gasteiger partial charge is 0.268 e. The van der Waals surface area contributed by atoms with Crippen LogP contribution in [0.15, 0.2) is 61.1 Å². The number of hydrogen-bond donors (Lipinski definition) is 2. The van der Waals surface area contributed by atoms with Crippen LogP contribution in [0, 0.1) is 0 Å². The van der Waals surface area contributed by atoms with Crippen molar-refractivity contribution >= 4 is 17.5 Å². The molecule has 0 saturated carbocycles. The Labute approximate surface area is 174 Å². The number of amides is 1. The van der Waals surface area contributed by atoms with Gasteiger partial charge in [0, 0.05) is 17.8 Å². The third-order valence-electron chi connectivity index (χ3n) is 4.56. The van der Waals surface area contributed by atoms with Gasteiger partial charge in [0.25, 0.3) is 5.91 Å². The molecule has 1 amide bonds. The molecular weight excluding hydrogens is 390 g/mol. The first-order valence-corrected chi connectivity index (χ1v) is 9.84. The Kier molecular flexibility index (Phi) is 7.27. The second-order valence-corrected chi connectivity index (χ2v) is 7.33. The van der Waals surface area contributed by atoms with Crippen molar-refractivity contribution in [3.05, 3.63) is 82.9 Å². The van der Waals surface area contributed by atoms with Crippen molar-refractivity contribution in [2.24, 2.45) is 5.73 Å². The number of imidazole rings is 1. The van der Waals surface area contributed by atoms with Crippen LogP contribution in [0.5, 0.6) is 5.75 Å². The topological polar surface area (TPSA) is 90.4 Å². The first kappa shape index (κ1) is 20.9. The zero-order valence-electron chi connectivity index (χ0n) is 16.0. The summed E-state index contributed by atoms with van der Waals surface area (Å²) in [6.45, 7) is 0.831. The number of aliphatic hydroxyl groups excluding tert-OH is 1. The fraction of sp³-hybridized carbons (Fsp3) is 0.273. The molecule has 0 unspecified atom stereocenters. The van der Waals surface area contributed by atoms with Crippen molar-refractivity contribution in [1.82, 2.24) is 9.55 Å². The van der Waals surface area contributed by atoms with E-state index >= 15 is 0 Å². The van der Waals surface area contributed by atoms with E-state index in [1.54, 1.807) is 10.8 Å². The lowest BCUT2D eigenvalue weighted by molar-refractivity contribution is 0.0995. The zero-order chi connectivity index (χ0) is 20.6. The van der Waals surface area contributed by atoms with Crippen molar-refractivity contribution in [3.8, 4) is 5.75 Å². The molecule has 0 saturated heterocycles. The minimum Gasteiger partial charge on any atom is -0.489 e. The van der Waals surface area contributed by atoms with Gasteiger partial charge in [-0.2, -0.15) is 0 Å². The van der Waals surface area contributed by atoms with Crippen molar-refractivity contribution in [2.45, 2.75) is 38.5 Å². The number of aryl methyl sites for hydroxylation is 1. The van der Waals surface area contributed by atoms with E-state index in [0.29, 0.717) is 24.6 Å². The Bertz CT molecular complexity index is 943. The van der Waals surface area contributed by atoms with Gasteiger partial charge in [-0.1, -0.05) is 48.0 Å². The van der Waals surface area contributed by atoms with Crippen molar-refractivity contribution in [2.75, 3.05) is 0 Å². The normalized spacial score (nSPS) is 11.9. The van der Waals surface area contributed by atoms with Crippen molar-refractivity contribution in [3.63, 3.8) is 0 Å². The third kappa shape index (κ3) is 6.34. The Morgan fingerprint density at radius 3 is 2.76 bits per heavy atom. The number of aliphatic hydroxyl groups is 1. The fourth-order valence-electron chi connectivity index (χ4n) is 3.05. The number of benzene rings is 2. The van der Waals surface area contributed by atoms with Crippen LogP contribution in [-0.2, 0) is 19.6 Å². The molecule has 0 aliphatic rings. The molecule has 0 radical (unpaired) electrons. The molecule has 0 aliphatic heterocycles. The van der Waals surface area contributed by atoms with Gasteiger partial charge in [-0.3, -0.25) is 4.79 Å². The van der Waals surface area contributed by atoms with Gasteiger partial charge < -0.3 is 20.1 Å². The number of halogens is 1. The first-order chi connectivity index (χ1) is 14.0. The van der Waals surface area contributed by atoms with Crippen LogP contribution in [0.3, 0.4) is 0 Å². The highest BCUT2D eigenvalue weighted by Crippen LogP contribution is 2.26. The lowest BCUT2D eigenvalue weighted by atomic mass is 10.0. The van der Waals surface area contributed by atoms with Gasteiger partial charge >= 0.3 is 0 Å². The molecule has 7 heteroatoms. The second-order valence-electron chi connectivity index (χ2n) is 6.89. The molecule has 1 heterocycles. The Hall–Kier alpha value is -2.83. The lowest BCUT2D eigenvalue weighted by Crippen LogP contribution is -2.15. The van der Waals surface area contributed by atoms with Crippen LogP contribution in [0.1, 0.15) is 34.5 Å². The summed E-state index contributed by atoms with van der Waals surface area (Å²) in [6, 6.07) is 15.6. The lowest BCUT2D eigenvalue weighted by Gasteiger charge is -2.14. The van der Waals surface area contributed by atoms with Crippen LogP contribution < -0.4 is 10.5 Å². The van der Waals surface area contributed by atoms with E-state index in [-0.39, 0.29) is 5.69 Å². The number of carbonyl (C=O) groups is 1. The van der Waals surface area contributed by atoms with Crippen LogP contribution in [0.25, 0.3) is 0 Å². The predicted molar refractivity (Wildman–Crippen MR) is 112 cm³/mol. The molecule has 3 rings (SSSR count). The van der Waals surface area contributed by atoms with Crippen LogP contribution >= 0.6 is 11.6 Å². The Balaban J connectivity index is 1.52. The molecule has 0 spiro atoms. The third-order valence-corrected chi connectivity index (χ3v) is 4.79. The maximum Gasteiger partial charge on any atom is 0.268 e. The van der Waals surface area contributed by atoms with Gasteiger partial charge in [-0.15, -0.1) is 0 Å². The minimum atomic E-state index is -0.580.